The van der Waals surface area contributed by atoms with Crippen LogP contribution in [0, 0.1) is 0 Å². The van der Waals surface area contributed by atoms with Crippen molar-refractivity contribution < 1.29 is 9.53 Å². The molecule has 3 heteroatoms. The molecule has 2 atom stereocenters. The van der Waals surface area contributed by atoms with Crippen molar-refractivity contribution in [2.45, 2.75) is 18.4 Å². The average Bonchev–Trinajstić information content (AvgIpc) is 2.61. The first kappa shape index (κ1) is 9.96. The van der Waals surface area contributed by atoms with E-state index in [2.05, 4.69) is 22.6 Å². The maximum Gasteiger partial charge on any atom is 0.313 e. The van der Waals surface area contributed by atoms with Crippen LogP contribution in [0.15, 0.2) is 30.3 Å². The van der Waals surface area contributed by atoms with Crippen LogP contribution in [0.3, 0.4) is 0 Å². The van der Waals surface area contributed by atoms with Crippen molar-refractivity contribution in [2.75, 3.05) is 4.43 Å². The number of carbonyl (C=O) groups is 1. The molecule has 1 aliphatic heterocycles. The first-order chi connectivity index (χ1) is 6.81. The minimum absolute atomic E-state index is 0.0454. The summed E-state index contributed by atoms with van der Waals surface area (Å²) in [7, 11) is 0. The van der Waals surface area contributed by atoms with E-state index in [-0.39, 0.29) is 18.0 Å². The van der Waals surface area contributed by atoms with Crippen LogP contribution in [0.25, 0.3) is 0 Å². The van der Waals surface area contributed by atoms with Gasteiger partial charge in [-0.1, -0.05) is 52.9 Å². The number of rotatable bonds is 2. The van der Waals surface area contributed by atoms with Gasteiger partial charge in [0.25, 0.3) is 0 Å². The molecule has 1 aromatic rings. The van der Waals surface area contributed by atoms with Gasteiger partial charge < -0.3 is 4.74 Å². The molecule has 1 saturated heterocycles. The summed E-state index contributed by atoms with van der Waals surface area (Å²) >= 11 is 2.25. The zero-order valence-electron chi connectivity index (χ0n) is 7.65. The number of halogens is 1. The molecule has 1 aliphatic rings. The van der Waals surface area contributed by atoms with Crippen LogP contribution in [-0.2, 0) is 9.53 Å². The molecule has 14 heavy (non-hydrogen) atoms. The second-order valence-corrected chi connectivity index (χ2v) is 4.29. The molecule has 1 heterocycles. The van der Waals surface area contributed by atoms with E-state index in [0.29, 0.717) is 0 Å². The third-order valence-corrected chi connectivity index (χ3v) is 3.42. The largest absolute Gasteiger partial charge is 0.461 e. The maximum atomic E-state index is 11.5. The lowest BCUT2D eigenvalue weighted by atomic mass is 9.96. The van der Waals surface area contributed by atoms with Crippen LogP contribution < -0.4 is 0 Å². The van der Waals surface area contributed by atoms with Gasteiger partial charge in [-0.3, -0.25) is 4.79 Å². The Bertz CT molecular complexity index is 323. The normalized spacial score (nSPS) is 26.2. The lowest BCUT2D eigenvalue weighted by molar-refractivity contribution is -0.141. The fourth-order valence-electron chi connectivity index (χ4n) is 1.71. The number of hydrogen-bond acceptors (Lipinski definition) is 2. The van der Waals surface area contributed by atoms with Gasteiger partial charge in [0.15, 0.2) is 0 Å². The Hall–Kier alpha value is -0.580. The average molecular weight is 302 g/mol. The molecule has 2 unspecified atom stereocenters. The van der Waals surface area contributed by atoms with E-state index in [0.717, 1.165) is 16.4 Å². The van der Waals surface area contributed by atoms with Crippen LogP contribution in [0.2, 0.25) is 0 Å². The van der Waals surface area contributed by atoms with Gasteiger partial charge in [0.1, 0.15) is 6.10 Å². The van der Waals surface area contributed by atoms with E-state index in [9.17, 15) is 4.79 Å². The SMILES string of the molecule is O=C1OC(CI)CC1c1ccccc1. The summed E-state index contributed by atoms with van der Waals surface area (Å²) in [5.74, 6) is -0.117. The molecule has 2 nitrogen and oxygen atoms in total. The number of ether oxygens (including phenoxy) is 1. The molecule has 0 spiro atoms. The zero-order chi connectivity index (χ0) is 9.97. The highest BCUT2D eigenvalue weighted by Crippen LogP contribution is 2.31. The van der Waals surface area contributed by atoms with Crippen LogP contribution in [0.1, 0.15) is 17.9 Å². The van der Waals surface area contributed by atoms with E-state index in [1.54, 1.807) is 0 Å². The van der Waals surface area contributed by atoms with Gasteiger partial charge >= 0.3 is 5.97 Å². The van der Waals surface area contributed by atoms with Crippen molar-refractivity contribution in [3.63, 3.8) is 0 Å². The number of esters is 1. The van der Waals surface area contributed by atoms with Crippen molar-refractivity contribution in [1.29, 1.82) is 0 Å². The molecular formula is C11H11IO2. The van der Waals surface area contributed by atoms with E-state index in [1.165, 1.54) is 0 Å². The Labute approximate surface area is 96.8 Å². The minimum Gasteiger partial charge on any atom is -0.461 e. The lowest BCUT2D eigenvalue weighted by Crippen LogP contribution is -2.07. The lowest BCUT2D eigenvalue weighted by Gasteiger charge is -2.04. The molecule has 1 aromatic carbocycles. The van der Waals surface area contributed by atoms with Gasteiger partial charge in [-0.05, 0) is 5.56 Å². The summed E-state index contributed by atoms with van der Waals surface area (Å²) in [6, 6.07) is 9.85. The van der Waals surface area contributed by atoms with Crippen LogP contribution in [0.4, 0.5) is 0 Å². The molecule has 0 radical (unpaired) electrons. The molecule has 0 bridgehead atoms. The van der Waals surface area contributed by atoms with Gasteiger partial charge in [0.05, 0.1) is 5.92 Å². The molecule has 0 aliphatic carbocycles. The fourth-order valence-corrected chi connectivity index (χ4v) is 2.25. The topological polar surface area (TPSA) is 26.3 Å². The van der Waals surface area contributed by atoms with Crippen molar-refractivity contribution in [3.05, 3.63) is 35.9 Å². The summed E-state index contributed by atoms with van der Waals surface area (Å²) in [5.41, 5.74) is 1.07. The third-order valence-electron chi connectivity index (χ3n) is 2.44. The highest BCUT2D eigenvalue weighted by Gasteiger charge is 2.34. The van der Waals surface area contributed by atoms with E-state index < -0.39 is 0 Å². The van der Waals surface area contributed by atoms with Crippen molar-refractivity contribution in [1.82, 2.24) is 0 Å². The van der Waals surface area contributed by atoms with Gasteiger partial charge in [0.2, 0.25) is 0 Å². The molecule has 0 N–H and O–H groups in total. The van der Waals surface area contributed by atoms with Gasteiger partial charge in [-0.25, -0.2) is 0 Å². The number of carbonyl (C=O) groups excluding carboxylic acids is 1. The van der Waals surface area contributed by atoms with Gasteiger partial charge in [-0.15, -0.1) is 0 Å². The second kappa shape index (κ2) is 4.29. The first-order valence-corrected chi connectivity index (χ1v) is 6.15. The Morgan fingerprint density at radius 1 is 1.36 bits per heavy atom. The molecule has 74 valence electrons. The van der Waals surface area contributed by atoms with Crippen molar-refractivity contribution in [2.24, 2.45) is 0 Å². The number of alkyl halides is 1. The van der Waals surface area contributed by atoms with Crippen molar-refractivity contribution in [3.8, 4) is 0 Å². The van der Waals surface area contributed by atoms with Gasteiger partial charge in [-0.2, -0.15) is 0 Å². The predicted octanol–water partition coefficient (Wildman–Crippen LogP) is 2.52. The summed E-state index contributed by atoms with van der Waals surface area (Å²) in [4.78, 5) is 11.5. The quantitative estimate of drug-likeness (QED) is 0.477. The molecule has 2 rings (SSSR count). The third kappa shape index (κ3) is 1.92. The number of hydrogen-bond donors (Lipinski definition) is 0. The van der Waals surface area contributed by atoms with E-state index >= 15 is 0 Å². The van der Waals surface area contributed by atoms with Crippen molar-refractivity contribution >= 4 is 28.6 Å². The molecule has 0 saturated carbocycles. The molecule has 0 amide bonds. The highest BCUT2D eigenvalue weighted by atomic mass is 127. The van der Waals surface area contributed by atoms with Crippen LogP contribution in [0.5, 0.6) is 0 Å². The van der Waals surface area contributed by atoms with E-state index in [4.69, 9.17) is 4.74 Å². The second-order valence-electron chi connectivity index (χ2n) is 3.41. The van der Waals surface area contributed by atoms with Gasteiger partial charge in [0, 0.05) is 10.8 Å². The monoisotopic (exact) mass is 302 g/mol. The number of cyclic esters (lactones) is 1. The standard InChI is InChI=1S/C11H11IO2/c12-7-9-6-10(11(13)14-9)8-4-2-1-3-5-8/h1-5,9-10H,6-7H2. The predicted molar refractivity (Wildman–Crippen MR) is 62.6 cm³/mol. The smallest absolute Gasteiger partial charge is 0.313 e. The summed E-state index contributed by atoms with van der Waals surface area (Å²) in [6.45, 7) is 0. The number of benzene rings is 1. The summed E-state index contributed by atoms with van der Waals surface area (Å²) in [5, 5.41) is 0. The van der Waals surface area contributed by atoms with Crippen LogP contribution >= 0.6 is 22.6 Å². The molecule has 1 fully saturated rings. The Balaban J connectivity index is 2.17. The summed E-state index contributed by atoms with van der Waals surface area (Å²) < 4.78 is 6.11. The van der Waals surface area contributed by atoms with E-state index in [1.807, 2.05) is 30.3 Å². The fraction of sp³-hybridized carbons (Fsp3) is 0.364. The maximum absolute atomic E-state index is 11.5. The summed E-state index contributed by atoms with van der Waals surface area (Å²) in [6.07, 6.45) is 0.930. The molecular weight excluding hydrogens is 291 g/mol. The Kier molecular flexibility index (Phi) is 3.05. The first-order valence-electron chi connectivity index (χ1n) is 4.62. The Morgan fingerprint density at radius 2 is 2.07 bits per heavy atom. The van der Waals surface area contributed by atoms with Crippen LogP contribution in [-0.4, -0.2) is 16.5 Å². The molecule has 0 aromatic heterocycles. The zero-order valence-corrected chi connectivity index (χ0v) is 9.81. The minimum atomic E-state index is -0.0714. The Morgan fingerprint density at radius 3 is 2.64 bits per heavy atom. The highest BCUT2D eigenvalue weighted by molar-refractivity contribution is 14.1.